The molecule has 0 saturated heterocycles. The van der Waals surface area contributed by atoms with Gasteiger partial charge in [-0.15, -0.1) is 13.2 Å². The van der Waals surface area contributed by atoms with Crippen molar-refractivity contribution in [3.05, 3.63) is 22.2 Å². The predicted octanol–water partition coefficient (Wildman–Crippen LogP) is 4.49. The van der Waals surface area contributed by atoms with E-state index in [2.05, 4.69) is 9.47 Å². The van der Waals surface area contributed by atoms with E-state index in [4.69, 9.17) is 23.2 Å². The summed E-state index contributed by atoms with van der Waals surface area (Å²) in [6.07, 6.45) is -5.08. The van der Waals surface area contributed by atoms with E-state index in [-0.39, 0.29) is 5.02 Å². The molecule has 1 aromatic carbocycles. The van der Waals surface area contributed by atoms with Crippen LogP contribution in [-0.4, -0.2) is 13.0 Å². The average Bonchev–Trinajstić information content (AvgIpc) is 2.07. The first-order valence-corrected chi connectivity index (χ1v) is 4.64. The van der Waals surface area contributed by atoms with Gasteiger partial charge in [0.15, 0.2) is 11.5 Å². The Labute approximate surface area is 102 Å². The van der Waals surface area contributed by atoms with Crippen LogP contribution in [0.25, 0.3) is 0 Å². The van der Waals surface area contributed by atoms with Crippen LogP contribution in [0.4, 0.5) is 22.0 Å². The minimum atomic E-state index is -5.08. The first-order valence-electron chi connectivity index (χ1n) is 3.88. The molecule has 0 saturated carbocycles. The van der Waals surface area contributed by atoms with Crippen molar-refractivity contribution in [3.63, 3.8) is 0 Å². The van der Waals surface area contributed by atoms with Crippen molar-refractivity contribution in [3.8, 4) is 11.5 Å². The quantitative estimate of drug-likeness (QED) is 0.765. The Morgan fingerprint density at radius 1 is 1.12 bits per heavy atom. The van der Waals surface area contributed by atoms with Gasteiger partial charge in [0.2, 0.25) is 0 Å². The third-order valence-corrected chi connectivity index (χ3v) is 1.91. The van der Waals surface area contributed by atoms with E-state index in [1.165, 1.54) is 0 Å². The van der Waals surface area contributed by atoms with Gasteiger partial charge in [0, 0.05) is 11.1 Å². The molecule has 1 aromatic rings. The summed E-state index contributed by atoms with van der Waals surface area (Å²) in [5.41, 5.74) is 0. The van der Waals surface area contributed by atoms with Gasteiger partial charge in [-0.25, -0.2) is 0 Å². The van der Waals surface area contributed by atoms with Gasteiger partial charge in [-0.3, -0.25) is 0 Å². The van der Waals surface area contributed by atoms with E-state index in [1.54, 1.807) is 0 Å². The Kier molecular flexibility index (Phi) is 4.26. The van der Waals surface area contributed by atoms with E-state index < -0.39 is 29.5 Å². The molecule has 0 unspecified atom stereocenters. The zero-order chi connectivity index (χ0) is 13.2. The summed E-state index contributed by atoms with van der Waals surface area (Å²) in [4.78, 5) is 0. The second kappa shape index (κ2) is 5.14. The molecule has 17 heavy (non-hydrogen) atoms. The van der Waals surface area contributed by atoms with Crippen LogP contribution < -0.4 is 9.47 Å². The number of hydrogen-bond acceptors (Lipinski definition) is 2. The number of alkyl halides is 5. The summed E-state index contributed by atoms with van der Waals surface area (Å²) in [6, 6.07) is 1.61. The molecule has 0 radical (unpaired) electrons. The summed E-state index contributed by atoms with van der Waals surface area (Å²) >= 11 is 10.8. The van der Waals surface area contributed by atoms with Gasteiger partial charge >= 0.3 is 13.0 Å². The van der Waals surface area contributed by atoms with Crippen LogP contribution in [-0.2, 0) is 0 Å². The highest BCUT2D eigenvalue weighted by Crippen LogP contribution is 2.41. The van der Waals surface area contributed by atoms with Crippen LogP contribution in [0.3, 0.4) is 0 Å². The molecular weight excluding hydrogens is 294 g/mol. The molecule has 0 aliphatic heterocycles. The lowest BCUT2D eigenvalue weighted by Crippen LogP contribution is -2.18. The number of hydrogen-bond donors (Lipinski definition) is 0. The second-order valence-corrected chi connectivity index (χ2v) is 3.48. The molecule has 0 N–H and O–H groups in total. The predicted molar refractivity (Wildman–Crippen MR) is 49.8 cm³/mol. The topological polar surface area (TPSA) is 18.5 Å². The Bertz CT molecular complexity index is 408. The molecule has 0 heterocycles. The smallest absolute Gasteiger partial charge is 0.429 e. The first-order chi connectivity index (χ1) is 7.69. The van der Waals surface area contributed by atoms with Crippen LogP contribution in [0.1, 0.15) is 0 Å². The molecule has 0 aliphatic carbocycles. The minimum Gasteiger partial charge on any atom is -0.429 e. The highest BCUT2D eigenvalue weighted by atomic mass is 35.5. The largest absolute Gasteiger partial charge is 0.573 e. The van der Waals surface area contributed by atoms with Crippen molar-refractivity contribution in [1.29, 1.82) is 0 Å². The number of ether oxygens (including phenoxy) is 2. The monoisotopic (exact) mass is 296 g/mol. The number of halogens is 7. The molecule has 0 aliphatic rings. The Morgan fingerprint density at radius 2 is 1.71 bits per heavy atom. The van der Waals surface area contributed by atoms with E-state index in [0.29, 0.717) is 6.07 Å². The molecular formula is C8H3Cl2F5O2. The van der Waals surface area contributed by atoms with Gasteiger partial charge in [0.05, 0.1) is 5.02 Å². The molecule has 0 spiro atoms. The molecule has 96 valence electrons. The summed E-state index contributed by atoms with van der Waals surface area (Å²) < 4.78 is 67.1. The molecule has 1 rings (SSSR count). The van der Waals surface area contributed by atoms with Crippen LogP contribution in [0.2, 0.25) is 10.0 Å². The van der Waals surface area contributed by atoms with Crippen molar-refractivity contribution in [2.24, 2.45) is 0 Å². The number of benzene rings is 1. The maximum Gasteiger partial charge on any atom is 0.573 e. The van der Waals surface area contributed by atoms with Crippen molar-refractivity contribution >= 4 is 23.2 Å². The van der Waals surface area contributed by atoms with Gasteiger partial charge in [-0.1, -0.05) is 23.2 Å². The van der Waals surface area contributed by atoms with Crippen molar-refractivity contribution < 1.29 is 31.4 Å². The van der Waals surface area contributed by atoms with Crippen molar-refractivity contribution in [2.45, 2.75) is 13.0 Å². The van der Waals surface area contributed by atoms with Gasteiger partial charge in [-0.05, 0) is 6.07 Å². The highest BCUT2D eigenvalue weighted by Gasteiger charge is 2.33. The maximum atomic E-state index is 12.0. The molecule has 0 bridgehead atoms. The SMILES string of the molecule is FC(F)Oc1c(Cl)cc(Cl)cc1OC(F)(F)F. The fourth-order valence-corrected chi connectivity index (χ4v) is 1.46. The lowest BCUT2D eigenvalue weighted by atomic mass is 10.3. The lowest BCUT2D eigenvalue weighted by Gasteiger charge is -2.15. The molecule has 0 atom stereocenters. The molecule has 9 heteroatoms. The Balaban J connectivity index is 3.15. The van der Waals surface area contributed by atoms with Crippen molar-refractivity contribution in [1.82, 2.24) is 0 Å². The minimum absolute atomic E-state index is 0.212. The second-order valence-electron chi connectivity index (χ2n) is 2.64. The number of rotatable bonds is 3. The fraction of sp³-hybridized carbons (Fsp3) is 0.250. The zero-order valence-electron chi connectivity index (χ0n) is 7.69. The van der Waals surface area contributed by atoms with Gasteiger partial charge < -0.3 is 9.47 Å². The fourth-order valence-electron chi connectivity index (χ4n) is 0.941. The van der Waals surface area contributed by atoms with E-state index >= 15 is 0 Å². The maximum absolute atomic E-state index is 12.0. The van der Waals surface area contributed by atoms with Crippen molar-refractivity contribution in [2.75, 3.05) is 0 Å². The van der Waals surface area contributed by atoms with Gasteiger partial charge in [-0.2, -0.15) is 8.78 Å². The van der Waals surface area contributed by atoms with E-state index in [9.17, 15) is 22.0 Å². The standard InChI is InChI=1S/C8H3Cl2F5O2/c9-3-1-4(10)6(16-7(11)12)5(2-3)17-8(13,14)15/h1-2,7H. The average molecular weight is 297 g/mol. The van der Waals surface area contributed by atoms with Crippen LogP contribution >= 0.6 is 23.2 Å². The molecule has 2 nitrogen and oxygen atoms in total. The third-order valence-electron chi connectivity index (χ3n) is 1.41. The molecule has 0 aromatic heterocycles. The Hall–Kier alpha value is -0.950. The summed E-state index contributed by atoms with van der Waals surface area (Å²) in [7, 11) is 0. The Morgan fingerprint density at radius 3 is 2.18 bits per heavy atom. The third kappa shape index (κ3) is 4.43. The van der Waals surface area contributed by atoms with Crippen LogP contribution in [0.15, 0.2) is 12.1 Å². The van der Waals surface area contributed by atoms with Crippen LogP contribution in [0, 0.1) is 0 Å². The lowest BCUT2D eigenvalue weighted by molar-refractivity contribution is -0.275. The summed E-state index contributed by atoms with van der Waals surface area (Å²) in [6.45, 7) is -3.34. The van der Waals surface area contributed by atoms with E-state index in [1.807, 2.05) is 0 Å². The molecule has 0 fully saturated rings. The van der Waals surface area contributed by atoms with Gasteiger partial charge in [0.25, 0.3) is 0 Å². The summed E-state index contributed by atoms with van der Waals surface area (Å²) in [5.74, 6) is -1.96. The van der Waals surface area contributed by atoms with Crippen LogP contribution in [0.5, 0.6) is 11.5 Å². The first kappa shape index (κ1) is 14.1. The highest BCUT2D eigenvalue weighted by molar-refractivity contribution is 6.35. The van der Waals surface area contributed by atoms with E-state index in [0.717, 1.165) is 6.07 Å². The summed E-state index contributed by atoms with van der Waals surface area (Å²) in [5, 5.41) is -0.729. The normalized spacial score (nSPS) is 11.8. The molecule has 0 amide bonds. The van der Waals surface area contributed by atoms with Gasteiger partial charge in [0.1, 0.15) is 0 Å². The zero-order valence-corrected chi connectivity index (χ0v) is 9.21.